The molecule has 3 N–H and O–H groups in total. The highest BCUT2D eigenvalue weighted by Crippen LogP contribution is 2.14. The van der Waals surface area contributed by atoms with E-state index in [0.29, 0.717) is 11.6 Å². The molecule has 0 aliphatic carbocycles. The van der Waals surface area contributed by atoms with Gasteiger partial charge in [0.25, 0.3) is 0 Å². The van der Waals surface area contributed by atoms with Crippen LogP contribution in [0.5, 0.6) is 0 Å². The molecule has 0 fully saturated rings. The smallest absolute Gasteiger partial charge is 0.320 e. The van der Waals surface area contributed by atoms with E-state index in [1.54, 1.807) is 19.9 Å². The van der Waals surface area contributed by atoms with Crippen molar-refractivity contribution in [2.24, 2.45) is 5.92 Å². The fourth-order valence-electron chi connectivity index (χ4n) is 1.05. The second-order valence-corrected chi connectivity index (χ2v) is 4.64. The molecule has 1 heterocycles. The highest BCUT2D eigenvalue weighted by molar-refractivity contribution is 5.88. The Kier molecular flexibility index (Phi) is 4.11. The quantitative estimate of drug-likeness (QED) is 0.745. The van der Waals surface area contributed by atoms with E-state index in [1.807, 2.05) is 13.8 Å². The Bertz CT molecular complexity index is 385. The Morgan fingerprint density at radius 2 is 2.29 bits per heavy atom. The standard InChI is InChI=1S/C11H19N3O3/c1-7(2)11(4,16)6-12-10(15)13-9-5-8(3)17-14-9/h5,7,16H,6H2,1-4H3,(H2,12,13,14,15)/t11-/m1/s1. The van der Waals surface area contributed by atoms with Gasteiger partial charge in [0, 0.05) is 12.6 Å². The summed E-state index contributed by atoms with van der Waals surface area (Å²) in [5.41, 5.74) is -0.933. The molecule has 1 atom stereocenters. The van der Waals surface area contributed by atoms with E-state index < -0.39 is 11.6 Å². The number of rotatable bonds is 4. The zero-order valence-corrected chi connectivity index (χ0v) is 10.6. The van der Waals surface area contributed by atoms with Crippen LogP contribution in [0.2, 0.25) is 0 Å². The monoisotopic (exact) mass is 241 g/mol. The van der Waals surface area contributed by atoms with Crippen molar-refractivity contribution in [2.45, 2.75) is 33.3 Å². The first kappa shape index (κ1) is 13.5. The van der Waals surface area contributed by atoms with Gasteiger partial charge in [-0.05, 0) is 19.8 Å². The summed E-state index contributed by atoms with van der Waals surface area (Å²) >= 11 is 0. The van der Waals surface area contributed by atoms with Gasteiger partial charge in [0.1, 0.15) is 5.76 Å². The number of carbonyl (C=O) groups is 1. The molecule has 0 aliphatic rings. The van der Waals surface area contributed by atoms with Crippen molar-refractivity contribution < 1.29 is 14.4 Å². The number of hydrogen-bond acceptors (Lipinski definition) is 4. The van der Waals surface area contributed by atoms with Crippen LogP contribution in [-0.4, -0.2) is 28.4 Å². The number of amides is 2. The van der Waals surface area contributed by atoms with Gasteiger partial charge >= 0.3 is 6.03 Å². The minimum atomic E-state index is -0.933. The first-order valence-corrected chi connectivity index (χ1v) is 5.52. The van der Waals surface area contributed by atoms with Crippen LogP contribution >= 0.6 is 0 Å². The molecule has 0 aliphatic heterocycles. The van der Waals surface area contributed by atoms with Crippen LogP contribution in [0.25, 0.3) is 0 Å². The van der Waals surface area contributed by atoms with Gasteiger partial charge in [-0.3, -0.25) is 5.32 Å². The normalized spacial score (nSPS) is 14.5. The first-order valence-electron chi connectivity index (χ1n) is 5.52. The largest absolute Gasteiger partial charge is 0.388 e. The molecular formula is C11H19N3O3. The zero-order chi connectivity index (χ0) is 13.1. The zero-order valence-electron chi connectivity index (χ0n) is 10.6. The van der Waals surface area contributed by atoms with E-state index in [9.17, 15) is 9.90 Å². The van der Waals surface area contributed by atoms with Gasteiger partial charge in [-0.2, -0.15) is 0 Å². The van der Waals surface area contributed by atoms with Gasteiger partial charge in [-0.1, -0.05) is 19.0 Å². The third-order valence-corrected chi connectivity index (χ3v) is 2.72. The molecule has 1 aromatic heterocycles. The molecular weight excluding hydrogens is 222 g/mol. The second kappa shape index (κ2) is 5.18. The predicted octanol–water partition coefficient (Wildman–Crippen LogP) is 1.51. The van der Waals surface area contributed by atoms with Crippen LogP contribution in [0.1, 0.15) is 26.5 Å². The van der Waals surface area contributed by atoms with Gasteiger partial charge in [0.2, 0.25) is 0 Å². The minimum Gasteiger partial charge on any atom is -0.388 e. The molecule has 0 aromatic carbocycles. The fourth-order valence-corrected chi connectivity index (χ4v) is 1.05. The van der Waals surface area contributed by atoms with Crippen molar-refractivity contribution >= 4 is 11.8 Å². The lowest BCUT2D eigenvalue weighted by Crippen LogP contribution is -2.45. The van der Waals surface area contributed by atoms with E-state index in [0.717, 1.165) is 0 Å². The summed E-state index contributed by atoms with van der Waals surface area (Å²) in [7, 11) is 0. The maximum Gasteiger partial charge on any atom is 0.320 e. The molecule has 0 radical (unpaired) electrons. The Labute approximate surface area is 100 Å². The van der Waals surface area contributed by atoms with E-state index >= 15 is 0 Å². The molecule has 0 bridgehead atoms. The molecule has 0 saturated carbocycles. The van der Waals surface area contributed by atoms with E-state index in [4.69, 9.17) is 4.52 Å². The number of nitrogens with zero attached hydrogens (tertiary/aromatic N) is 1. The van der Waals surface area contributed by atoms with Crippen molar-refractivity contribution in [1.82, 2.24) is 10.5 Å². The summed E-state index contributed by atoms with van der Waals surface area (Å²) in [5.74, 6) is 1.02. The number of nitrogens with one attached hydrogen (secondary N) is 2. The fraction of sp³-hybridized carbons (Fsp3) is 0.636. The molecule has 2 amide bonds. The lowest BCUT2D eigenvalue weighted by atomic mass is 9.93. The number of aliphatic hydroxyl groups is 1. The maximum atomic E-state index is 11.5. The Hall–Kier alpha value is -1.56. The summed E-state index contributed by atoms with van der Waals surface area (Å²) in [6, 6.07) is 1.19. The highest BCUT2D eigenvalue weighted by Gasteiger charge is 2.25. The van der Waals surface area contributed by atoms with Crippen LogP contribution in [0.15, 0.2) is 10.6 Å². The van der Waals surface area contributed by atoms with Gasteiger partial charge in [-0.25, -0.2) is 4.79 Å². The summed E-state index contributed by atoms with van der Waals surface area (Å²) in [5, 5.41) is 18.6. The Balaban J connectivity index is 2.41. The number of carbonyl (C=O) groups excluding carboxylic acids is 1. The number of aryl methyl sites for hydroxylation is 1. The predicted molar refractivity (Wildman–Crippen MR) is 63.7 cm³/mol. The minimum absolute atomic E-state index is 0.0529. The van der Waals surface area contributed by atoms with Crippen LogP contribution in [0, 0.1) is 12.8 Å². The molecule has 96 valence electrons. The van der Waals surface area contributed by atoms with Crippen LogP contribution in [0.4, 0.5) is 10.6 Å². The van der Waals surface area contributed by atoms with Crippen molar-refractivity contribution in [1.29, 1.82) is 0 Å². The second-order valence-electron chi connectivity index (χ2n) is 4.64. The molecule has 0 spiro atoms. The van der Waals surface area contributed by atoms with Crippen molar-refractivity contribution in [3.63, 3.8) is 0 Å². The van der Waals surface area contributed by atoms with E-state index in [2.05, 4.69) is 15.8 Å². The SMILES string of the molecule is Cc1cc(NC(=O)NC[C@@](C)(O)C(C)C)no1. The van der Waals surface area contributed by atoms with Gasteiger partial charge in [0.15, 0.2) is 5.82 Å². The summed E-state index contributed by atoms with van der Waals surface area (Å²) in [6.07, 6.45) is 0. The maximum absolute atomic E-state index is 11.5. The van der Waals surface area contributed by atoms with Crippen molar-refractivity contribution in [2.75, 3.05) is 11.9 Å². The Morgan fingerprint density at radius 1 is 1.65 bits per heavy atom. The van der Waals surface area contributed by atoms with Crippen LogP contribution in [-0.2, 0) is 0 Å². The van der Waals surface area contributed by atoms with Crippen molar-refractivity contribution in [3.05, 3.63) is 11.8 Å². The summed E-state index contributed by atoms with van der Waals surface area (Å²) in [6.45, 7) is 7.37. The van der Waals surface area contributed by atoms with Crippen molar-refractivity contribution in [3.8, 4) is 0 Å². The summed E-state index contributed by atoms with van der Waals surface area (Å²) in [4.78, 5) is 11.5. The highest BCUT2D eigenvalue weighted by atomic mass is 16.5. The lowest BCUT2D eigenvalue weighted by molar-refractivity contribution is 0.0170. The third kappa shape index (κ3) is 4.07. The molecule has 0 unspecified atom stereocenters. The first-order chi connectivity index (χ1) is 7.81. The molecule has 1 rings (SSSR count). The number of urea groups is 1. The molecule has 0 saturated heterocycles. The lowest BCUT2D eigenvalue weighted by Gasteiger charge is -2.27. The average Bonchev–Trinajstić information content (AvgIpc) is 2.61. The number of aromatic nitrogens is 1. The topological polar surface area (TPSA) is 87.4 Å². The molecule has 6 nitrogen and oxygen atoms in total. The van der Waals surface area contributed by atoms with E-state index in [1.165, 1.54) is 0 Å². The van der Waals surface area contributed by atoms with Gasteiger partial charge in [-0.15, -0.1) is 0 Å². The van der Waals surface area contributed by atoms with Gasteiger partial charge in [0.05, 0.1) is 5.60 Å². The van der Waals surface area contributed by atoms with Crippen LogP contribution < -0.4 is 10.6 Å². The van der Waals surface area contributed by atoms with Crippen LogP contribution in [0.3, 0.4) is 0 Å². The number of hydrogen-bond donors (Lipinski definition) is 3. The summed E-state index contributed by atoms with van der Waals surface area (Å²) < 4.78 is 4.81. The molecule has 6 heteroatoms. The van der Waals surface area contributed by atoms with E-state index in [-0.39, 0.29) is 12.5 Å². The number of anilines is 1. The third-order valence-electron chi connectivity index (χ3n) is 2.72. The molecule has 1 aromatic rings. The van der Waals surface area contributed by atoms with Gasteiger partial charge < -0.3 is 14.9 Å². The molecule has 17 heavy (non-hydrogen) atoms. The average molecular weight is 241 g/mol. The Morgan fingerprint density at radius 3 is 2.76 bits per heavy atom.